The van der Waals surface area contributed by atoms with E-state index in [1.165, 1.54) is 0 Å². The van der Waals surface area contributed by atoms with Gasteiger partial charge < -0.3 is 9.42 Å². The van der Waals surface area contributed by atoms with Gasteiger partial charge in [-0.05, 0) is 25.0 Å². The van der Waals surface area contributed by atoms with E-state index in [4.69, 9.17) is 4.52 Å². The van der Waals surface area contributed by atoms with Gasteiger partial charge in [0.05, 0.1) is 17.0 Å². The number of hydrogen-bond acceptors (Lipinski definition) is 6. The molecular formula is C18H16N4O4. The SMILES string of the molecule is O=C(CN1C(=O)c2ccccc2C1=O)N1CC(c2nc(C3CC3)no2)C1. The third kappa shape index (κ3) is 2.33. The number of benzene rings is 1. The minimum absolute atomic E-state index is 0.0288. The summed E-state index contributed by atoms with van der Waals surface area (Å²) in [5.74, 6) is 0.703. The summed E-state index contributed by atoms with van der Waals surface area (Å²) in [5, 5.41) is 3.99. The Kier molecular flexibility index (Phi) is 3.22. The van der Waals surface area contributed by atoms with E-state index in [9.17, 15) is 14.4 Å². The summed E-state index contributed by atoms with van der Waals surface area (Å²) < 4.78 is 5.29. The second-order valence-electron chi connectivity index (χ2n) is 7.00. The molecule has 3 heterocycles. The van der Waals surface area contributed by atoms with Crippen molar-refractivity contribution in [3.63, 3.8) is 0 Å². The normalized spacial score (nSPS) is 19.7. The summed E-state index contributed by atoms with van der Waals surface area (Å²) in [7, 11) is 0. The highest BCUT2D eigenvalue weighted by Gasteiger charge is 2.41. The molecule has 1 saturated carbocycles. The van der Waals surface area contributed by atoms with Gasteiger partial charge in [-0.2, -0.15) is 4.98 Å². The van der Waals surface area contributed by atoms with E-state index < -0.39 is 11.8 Å². The Balaban J connectivity index is 1.21. The highest BCUT2D eigenvalue weighted by molar-refractivity contribution is 6.22. The average Bonchev–Trinajstić information content (AvgIpc) is 3.30. The average molecular weight is 352 g/mol. The van der Waals surface area contributed by atoms with Crippen molar-refractivity contribution in [3.8, 4) is 0 Å². The van der Waals surface area contributed by atoms with Crippen molar-refractivity contribution in [3.05, 3.63) is 47.1 Å². The number of rotatable bonds is 4. The van der Waals surface area contributed by atoms with E-state index in [0.717, 1.165) is 23.6 Å². The first kappa shape index (κ1) is 15.2. The third-order valence-corrected chi connectivity index (χ3v) is 5.15. The molecule has 1 aromatic carbocycles. The standard InChI is InChI=1S/C18H16N4O4/c23-14(9-22-17(24)12-3-1-2-4-13(12)18(22)25)21-7-11(8-21)16-19-15(20-26-16)10-5-6-10/h1-4,10-11H,5-9H2. The Labute approximate surface area is 148 Å². The molecule has 1 saturated heterocycles. The van der Waals surface area contributed by atoms with Gasteiger partial charge in [0.1, 0.15) is 6.54 Å². The van der Waals surface area contributed by atoms with Crippen molar-refractivity contribution in [2.45, 2.75) is 24.7 Å². The van der Waals surface area contributed by atoms with Crippen LogP contribution in [0.1, 0.15) is 57.1 Å². The summed E-state index contributed by atoms with van der Waals surface area (Å²) in [6, 6.07) is 6.62. The predicted molar refractivity (Wildman–Crippen MR) is 87.4 cm³/mol. The first-order valence-electron chi connectivity index (χ1n) is 8.68. The molecule has 0 N–H and O–H groups in total. The fraction of sp³-hybridized carbons (Fsp3) is 0.389. The molecule has 3 aliphatic rings. The van der Waals surface area contributed by atoms with Gasteiger partial charge in [0, 0.05) is 19.0 Å². The Morgan fingerprint density at radius 1 is 1.08 bits per heavy atom. The molecule has 3 amide bonds. The van der Waals surface area contributed by atoms with Gasteiger partial charge in [-0.25, -0.2) is 0 Å². The molecule has 2 aliphatic heterocycles. The maximum Gasteiger partial charge on any atom is 0.262 e. The zero-order valence-electron chi connectivity index (χ0n) is 13.9. The second kappa shape index (κ2) is 5.48. The lowest BCUT2D eigenvalue weighted by Crippen LogP contribution is -2.52. The lowest BCUT2D eigenvalue weighted by Gasteiger charge is -2.37. The van der Waals surface area contributed by atoms with E-state index in [1.54, 1.807) is 29.2 Å². The van der Waals surface area contributed by atoms with Crippen LogP contribution in [-0.2, 0) is 4.79 Å². The molecule has 2 aromatic rings. The fourth-order valence-electron chi connectivity index (χ4n) is 3.38. The summed E-state index contributed by atoms with van der Waals surface area (Å²) in [4.78, 5) is 44.1. The molecule has 1 aromatic heterocycles. The number of carbonyl (C=O) groups is 3. The monoisotopic (exact) mass is 352 g/mol. The highest BCUT2D eigenvalue weighted by atomic mass is 16.5. The van der Waals surface area contributed by atoms with Crippen LogP contribution >= 0.6 is 0 Å². The van der Waals surface area contributed by atoms with Gasteiger partial charge in [-0.15, -0.1) is 0 Å². The van der Waals surface area contributed by atoms with Gasteiger partial charge in [-0.1, -0.05) is 17.3 Å². The van der Waals surface area contributed by atoms with Crippen LogP contribution in [0.4, 0.5) is 0 Å². The molecule has 0 spiro atoms. The predicted octanol–water partition coefficient (Wildman–Crippen LogP) is 1.17. The minimum Gasteiger partial charge on any atom is -0.339 e. The summed E-state index contributed by atoms with van der Waals surface area (Å²) in [5.41, 5.74) is 0.704. The number of carbonyl (C=O) groups excluding carboxylic acids is 3. The van der Waals surface area contributed by atoms with Crippen LogP contribution in [0, 0.1) is 0 Å². The largest absolute Gasteiger partial charge is 0.339 e. The molecule has 1 aliphatic carbocycles. The van der Waals surface area contributed by atoms with Crippen molar-refractivity contribution < 1.29 is 18.9 Å². The van der Waals surface area contributed by atoms with Gasteiger partial charge in [0.15, 0.2) is 5.82 Å². The van der Waals surface area contributed by atoms with Crippen LogP contribution in [0.25, 0.3) is 0 Å². The van der Waals surface area contributed by atoms with Gasteiger partial charge in [0.25, 0.3) is 11.8 Å². The van der Waals surface area contributed by atoms with Gasteiger partial charge in [0.2, 0.25) is 11.8 Å². The topological polar surface area (TPSA) is 96.6 Å². The molecule has 5 rings (SSSR count). The molecule has 0 unspecified atom stereocenters. The number of fused-ring (bicyclic) bond motifs is 1. The van der Waals surface area contributed by atoms with Crippen molar-refractivity contribution >= 4 is 17.7 Å². The van der Waals surface area contributed by atoms with E-state index in [2.05, 4.69) is 10.1 Å². The number of hydrogen-bond donors (Lipinski definition) is 0. The number of likely N-dealkylation sites (tertiary alicyclic amines) is 1. The molecule has 8 nitrogen and oxygen atoms in total. The lowest BCUT2D eigenvalue weighted by atomic mass is 10.00. The Morgan fingerprint density at radius 2 is 1.73 bits per heavy atom. The summed E-state index contributed by atoms with van der Waals surface area (Å²) in [6.45, 7) is 0.693. The first-order chi connectivity index (χ1) is 12.6. The van der Waals surface area contributed by atoms with Crippen LogP contribution in [0.2, 0.25) is 0 Å². The summed E-state index contributed by atoms with van der Waals surface area (Å²) >= 11 is 0. The Morgan fingerprint density at radius 3 is 2.35 bits per heavy atom. The van der Waals surface area contributed by atoms with Crippen LogP contribution < -0.4 is 0 Å². The van der Waals surface area contributed by atoms with Crippen molar-refractivity contribution in [1.29, 1.82) is 0 Å². The van der Waals surface area contributed by atoms with E-state index in [0.29, 0.717) is 36.0 Å². The molecule has 26 heavy (non-hydrogen) atoms. The van der Waals surface area contributed by atoms with Crippen LogP contribution in [0.5, 0.6) is 0 Å². The fourth-order valence-corrected chi connectivity index (χ4v) is 3.38. The second-order valence-corrected chi connectivity index (χ2v) is 7.00. The van der Waals surface area contributed by atoms with E-state index in [-0.39, 0.29) is 18.4 Å². The molecule has 0 atom stereocenters. The van der Waals surface area contributed by atoms with Gasteiger partial charge >= 0.3 is 0 Å². The Bertz CT molecular complexity index is 892. The maximum atomic E-state index is 12.4. The van der Waals surface area contributed by atoms with Crippen LogP contribution in [0.3, 0.4) is 0 Å². The zero-order valence-corrected chi connectivity index (χ0v) is 13.9. The van der Waals surface area contributed by atoms with Crippen molar-refractivity contribution in [2.75, 3.05) is 19.6 Å². The molecule has 2 fully saturated rings. The molecular weight excluding hydrogens is 336 g/mol. The van der Waals surface area contributed by atoms with Crippen molar-refractivity contribution in [2.24, 2.45) is 0 Å². The molecule has 132 valence electrons. The molecule has 0 radical (unpaired) electrons. The first-order valence-corrected chi connectivity index (χ1v) is 8.68. The van der Waals surface area contributed by atoms with Crippen molar-refractivity contribution in [1.82, 2.24) is 19.9 Å². The van der Waals surface area contributed by atoms with E-state index >= 15 is 0 Å². The molecule has 0 bridgehead atoms. The molecule has 8 heteroatoms. The van der Waals surface area contributed by atoms with Crippen LogP contribution in [0.15, 0.2) is 28.8 Å². The Hall–Kier alpha value is -3.03. The number of amides is 3. The van der Waals surface area contributed by atoms with Crippen LogP contribution in [-0.4, -0.2) is 57.3 Å². The quantitative estimate of drug-likeness (QED) is 0.766. The summed E-state index contributed by atoms with van der Waals surface area (Å²) in [6.07, 6.45) is 2.21. The number of aromatic nitrogens is 2. The van der Waals surface area contributed by atoms with Gasteiger partial charge in [-0.3, -0.25) is 19.3 Å². The minimum atomic E-state index is -0.415. The zero-order chi connectivity index (χ0) is 17.8. The maximum absolute atomic E-state index is 12.4. The number of imide groups is 1. The van der Waals surface area contributed by atoms with E-state index in [1.807, 2.05) is 0 Å². The highest BCUT2D eigenvalue weighted by Crippen LogP contribution is 2.39. The lowest BCUT2D eigenvalue weighted by molar-refractivity contribution is -0.136. The smallest absolute Gasteiger partial charge is 0.262 e. The number of nitrogens with zero attached hydrogens (tertiary/aromatic N) is 4. The third-order valence-electron chi connectivity index (χ3n) is 5.15.